The van der Waals surface area contributed by atoms with Gasteiger partial charge < -0.3 is 18.6 Å². The second-order valence-corrected chi connectivity index (χ2v) is 19.2. The summed E-state index contributed by atoms with van der Waals surface area (Å²) in [5.74, 6) is 0.190. The number of furan rings is 2. The molecule has 0 fully saturated rings. The Morgan fingerprint density at radius 1 is 0.323 bits per heavy atom. The number of benzene rings is 9. The van der Waals surface area contributed by atoms with Crippen molar-refractivity contribution in [2.75, 3.05) is 9.80 Å². The lowest BCUT2D eigenvalue weighted by Gasteiger charge is -2.27. The maximum absolute atomic E-state index is 7.00. The first-order valence-electron chi connectivity index (χ1n) is 22.9. The van der Waals surface area contributed by atoms with Crippen molar-refractivity contribution in [3.05, 3.63) is 190 Å². The van der Waals surface area contributed by atoms with Gasteiger partial charge in [0.1, 0.15) is 22.3 Å². The summed E-state index contributed by atoms with van der Waals surface area (Å²) in [5, 5.41) is 9.01. The van der Waals surface area contributed by atoms with Crippen LogP contribution in [-0.4, -0.2) is 0 Å². The number of anilines is 6. The van der Waals surface area contributed by atoms with E-state index in [0.717, 1.165) is 88.8 Å². The predicted octanol–water partition coefficient (Wildman–Crippen LogP) is 18.3. The van der Waals surface area contributed by atoms with Crippen LogP contribution >= 0.6 is 0 Å². The highest BCUT2D eigenvalue weighted by Crippen LogP contribution is 2.46. The van der Waals surface area contributed by atoms with E-state index >= 15 is 0 Å². The van der Waals surface area contributed by atoms with Crippen molar-refractivity contribution in [3.8, 4) is 0 Å². The molecule has 0 N–H and O–H groups in total. The van der Waals surface area contributed by atoms with Gasteiger partial charge in [-0.25, -0.2) is 0 Å². The zero-order valence-electron chi connectivity index (χ0n) is 39.1. The maximum Gasteiger partial charge on any atom is 0.139 e. The molecule has 11 aromatic rings. The van der Waals surface area contributed by atoms with E-state index in [2.05, 4.69) is 219 Å². The monoisotopic (exact) mass is 846 g/mol. The predicted molar refractivity (Wildman–Crippen MR) is 277 cm³/mol. The fourth-order valence-electron chi connectivity index (χ4n) is 10.7. The minimum absolute atomic E-state index is 0.190. The molecule has 0 spiro atoms. The molecule has 0 aliphatic heterocycles. The van der Waals surface area contributed by atoms with E-state index in [1.54, 1.807) is 0 Å². The lowest BCUT2D eigenvalue weighted by molar-refractivity contribution is 0.655. The molecule has 9 aromatic carbocycles. The van der Waals surface area contributed by atoms with Gasteiger partial charge in [0.05, 0.1) is 0 Å². The van der Waals surface area contributed by atoms with Gasteiger partial charge >= 0.3 is 0 Å². The highest BCUT2D eigenvalue weighted by Gasteiger charge is 2.24. The van der Waals surface area contributed by atoms with Gasteiger partial charge in [-0.3, -0.25) is 0 Å². The lowest BCUT2D eigenvalue weighted by Crippen LogP contribution is -2.11. The summed E-state index contributed by atoms with van der Waals surface area (Å²) in [7, 11) is 0. The van der Waals surface area contributed by atoms with Crippen molar-refractivity contribution in [1.82, 2.24) is 0 Å². The highest BCUT2D eigenvalue weighted by atomic mass is 16.3. The average molecular weight is 847 g/mol. The van der Waals surface area contributed by atoms with Crippen LogP contribution in [0.3, 0.4) is 0 Å². The van der Waals surface area contributed by atoms with E-state index in [-0.39, 0.29) is 5.92 Å². The first-order chi connectivity index (χ1) is 31.2. The van der Waals surface area contributed by atoms with E-state index in [1.165, 1.54) is 60.8 Å². The van der Waals surface area contributed by atoms with Gasteiger partial charge in [-0.15, -0.1) is 0 Å². The quantitative estimate of drug-likeness (QED) is 0.160. The molecule has 0 saturated heterocycles. The fourth-order valence-corrected chi connectivity index (χ4v) is 10.7. The van der Waals surface area contributed by atoms with E-state index in [4.69, 9.17) is 8.83 Å². The minimum Gasteiger partial charge on any atom is -0.456 e. The summed E-state index contributed by atoms with van der Waals surface area (Å²) in [4.78, 5) is 4.77. The summed E-state index contributed by atoms with van der Waals surface area (Å²) >= 11 is 0. The first kappa shape index (κ1) is 40.5. The Bertz CT molecular complexity index is 3440. The van der Waals surface area contributed by atoms with Crippen LogP contribution in [0.5, 0.6) is 0 Å². The number of rotatable bonds is 7. The molecular formula is C61H54N2O2. The summed E-state index contributed by atoms with van der Waals surface area (Å²) in [5.41, 5.74) is 21.5. The van der Waals surface area contributed by atoms with E-state index in [1.807, 2.05) is 0 Å². The number of fused-ring (bicyclic) bond motifs is 8. The van der Waals surface area contributed by atoms with E-state index in [0.29, 0.717) is 0 Å². The van der Waals surface area contributed by atoms with Crippen molar-refractivity contribution in [1.29, 1.82) is 0 Å². The van der Waals surface area contributed by atoms with Gasteiger partial charge in [-0.1, -0.05) is 50.2 Å². The van der Waals surface area contributed by atoms with Crippen LogP contribution in [0, 0.1) is 55.4 Å². The summed E-state index contributed by atoms with van der Waals surface area (Å²) in [6.07, 6.45) is 0. The van der Waals surface area contributed by atoms with Crippen molar-refractivity contribution in [3.63, 3.8) is 0 Å². The Kier molecular flexibility index (Phi) is 9.44. The Hall–Kier alpha value is -7.30. The number of aryl methyl sites for hydroxylation is 8. The van der Waals surface area contributed by atoms with Gasteiger partial charge in [0.25, 0.3) is 0 Å². The maximum atomic E-state index is 7.00. The third-order valence-corrected chi connectivity index (χ3v) is 13.1. The van der Waals surface area contributed by atoms with Crippen LogP contribution in [0.1, 0.15) is 69.8 Å². The topological polar surface area (TPSA) is 32.8 Å². The molecule has 0 bridgehead atoms. The molecular weight excluding hydrogens is 793 g/mol. The lowest BCUT2D eigenvalue weighted by atomic mass is 9.93. The largest absolute Gasteiger partial charge is 0.456 e. The number of hydrogen-bond acceptors (Lipinski definition) is 4. The molecule has 0 aliphatic rings. The molecule has 0 atom stereocenters. The Morgan fingerprint density at radius 2 is 0.708 bits per heavy atom. The van der Waals surface area contributed by atoms with Crippen molar-refractivity contribution in [2.24, 2.45) is 0 Å². The fraction of sp³-hybridized carbons (Fsp3) is 0.180. The Morgan fingerprint density at radius 3 is 1.11 bits per heavy atom. The molecule has 2 heterocycles. The molecule has 11 rings (SSSR count). The summed E-state index contributed by atoms with van der Waals surface area (Å²) in [6, 6.07) is 52.1. The van der Waals surface area contributed by atoms with Crippen LogP contribution in [0.25, 0.3) is 65.4 Å². The van der Waals surface area contributed by atoms with Crippen molar-refractivity contribution >= 4 is 99.5 Å². The third kappa shape index (κ3) is 7.09. The normalized spacial score (nSPS) is 12.0. The van der Waals surface area contributed by atoms with E-state index in [9.17, 15) is 0 Å². The summed E-state index contributed by atoms with van der Waals surface area (Å²) in [6.45, 7) is 21.9. The third-order valence-electron chi connectivity index (χ3n) is 13.1. The first-order valence-corrected chi connectivity index (χ1v) is 22.9. The van der Waals surface area contributed by atoms with Crippen LogP contribution in [0.4, 0.5) is 34.1 Å². The molecule has 0 unspecified atom stereocenters. The molecule has 0 amide bonds. The van der Waals surface area contributed by atoms with Gasteiger partial charge in [-0.05, 0) is 230 Å². The molecule has 65 heavy (non-hydrogen) atoms. The van der Waals surface area contributed by atoms with Crippen molar-refractivity contribution < 1.29 is 8.83 Å². The van der Waals surface area contributed by atoms with Crippen molar-refractivity contribution in [2.45, 2.75) is 75.2 Å². The molecule has 2 aromatic heterocycles. The molecule has 4 nitrogen and oxygen atoms in total. The zero-order chi connectivity index (χ0) is 45.0. The molecule has 0 aliphatic carbocycles. The Balaban J connectivity index is 1.06. The van der Waals surface area contributed by atoms with Gasteiger partial charge in [0.2, 0.25) is 0 Å². The van der Waals surface area contributed by atoms with Crippen LogP contribution < -0.4 is 9.80 Å². The second kappa shape index (κ2) is 15.2. The average Bonchev–Trinajstić information content (AvgIpc) is 3.76. The smallest absolute Gasteiger partial charge is 0.139 e. The summed E-state index contributed by atoms with van der Waals surface area (Å²) < 4.78 is 13.9. The van der Waals surface area contributed by atoms with Crippen LogP contribution in [0.15, 0.2) is 148 Å². The second-order valence-electron chi connectivity index (χ2n) is 19.2. The van der Waals surface area contributed by atoms with Gasteiger partial charge in [0.15, 0.2) is 0 Å². The molecule has 4 heteroatoms. The number of hydrogen-bond donors (Lipinski definition) is 0. The SMILES string of the molecule is Cc1cc(C)cc(N(c2cc(C)cc(C)c2)c2ccc3cc4c(cc3c2)oc2c(C(C)C)c3c(cc24)oc2cc4cc(N(c5cc(C)cc(C)c5)c5cc(C)cc(C)c5)ccc4cc23)c1. The van der Waals surface area contributed by atoms with Gasteiger partial charge in [-0.2, -0.15) is 0 Å². The Labute approximate surface area is 381 Å². The molecule has 320 valence electrons. The van der Waals surface area contributed by atoms with Crippen LogP contribution in [-0.2, 0) is 0 Å². The van der Waals surface area contributed by atoms with E-state index < -0.39 is 0 Å². The standard InChI is InChI=1S/C61H54N2O2/c1-34(2)59-60-55-30-44-12-14-48(63(51-23-39(7)17-40(8)24-51)52-25-41(9)18-42(10)26-52)28-46(44)32-57(55)64-58(60)33-54-53-29-43-11-13-47(27-45(43)31-56(53)65-61(54)59)62(49-19-35(3)15-36(4)20-49)50-21-37(5)16-38(6)22-50/h11-34H,1-10H3. The zero-order valence-corrected chi connectivity index (χ0v) is 39.1. The highest BCUT2D eigenvalue weighted by molar-refractivity contribution is 6.20. The van der Waals surface area contributed by atoms with Crippen LogP contribution in [0.2, 0.25) is 0 Å². The minimum atomic E-state index is 0.190. The number of nitrogens with zero attached hydrogens (tertiary/aromatic N) is 2. The molecule has 0 radical (unpaired) electrons. The molecule has 0 saturated carbocycles. The van der Waals surface area contributed by atoms with Gasteiger partial charge in [0, 0.05) is 61.2 Å².